The van der Waals surface area contributed by atoms with Gasteiger partial charge in [0.15, 0.2) is 0 Å². The lowest BCUT2D eigenvalue weighted by atomic mass is 9.73. The first-order valence-electron chi connectivity index (χ1n) is 6.40. The summed E-state index contributed by atoms with van der Waals surface area (Å²) in [5, 5.41) is 11.0. The van der Waals surface area contributed by atoms with Gasteiger partial charge in [0.2, 0.25) is 0 Å². The Morgan fingerprint density at radius 1 is 0.944 bits per heavy atom. The summed E-state index contributed by atoms with van der Waals surface area (Å²) >= 11 is 0. The molecule has 2 nitrogen and oxygen atoms in total. The zero-order chi connectivity index (χ0) is 14.0. The van der Waals surface area contributed by atoms with Crippen LogP contribution in [0.2, 0.25) is 0 Å². The van der Waals surface area contributed by atoms with Gasteiger partial charge in [-0.2, -0.15) is 0 Å². The summed E-state index contributed by atoms with van der Waals surface area (Å²) in [5.41, 5.74) is -0.677. The normalized spacial score (nSPS) is 16.8. The van der Waals surface area contributed by atoms with Crippen LogP contribution in [0.1, 0.15) is 47.1 Å². The second-order valence-corrected chi connectivity index (χ2v) is 6.81. The van der Waals surface area contributed by atoms with E-state index in [4.69, 9.17) is 0 Å². The van der Waals surface area contributed by atoms with E-state index in [1.807, 2.05) is 71.9 Å². The molecule has 0 spiro atoms. The molecule has 0 saturated carbocycles. The van der Waals surface area contributed by atoms with Gasteiger partial charge in [-0.15, -0.1) is 0 Å². The van der Waals surface area contributed by atoms with E-state index in [0.717, 1.165) is 5.56 Å². The molecule has 0 aliphatic heterocycles. The number of rotatable bonds is 2. The second-order valence-electron chi connectivity index (χ2n) is 6.81. The number of aliphatic hydroxyl groups is 1. The van der Waals surface area contributed by atoms with Gasteiger partial charge in [0.25, 0.3) is 0 Å². The van der Waals surface area contributed by atoms with Crippen molar-refractivity contribution in [3.63, 3.8) is 0 Å². The summed E-state index contributed by atoms with van der Waals surface area (Å²) in [6.45, 7) is 12.1. The Morgan fingerprint density at radius 2 is 1.44 bits per heavy atom. The Bertz CT molecular complexity index is 409. The molecule has 0 fully saturated rings. The molecule has 0 heterocycles. The molecular weight excluding hydrogens is 222 g/mol. The van der Waals surface area contributed by atoms with Crippen LogP contribution in [0, 0.1) is 5.41 Å². The molecule has 0 amide bonds. The smallest absolute Gasteiger partial charge is 0.129 e. The fourth-order valence-corrected chi connectivity index (χ4v) is 1.68. The summed E-state index contributed by atoms with van der Waals surface area (Å²) in [5.74, 6) is 0. The number of benzene rings is 1. The Kier molecular flexibility index (Phi) is 4.02. The first-order valence-corrected chi connectivity index (χ1v) is 6.40. The van der Waals surface area contributed by atoms with Crippen LogP contribution >= 0.6 is 0 Å². The highest BCUT2D eigenvalue weighted by atomic mass is 16.3. The highest BCUT2D eigenvalue weighted by Crippen LogP contribution is 2.38. The van der Waals surface area contributed by atoms with Crippen molar-refractivity contribution in [2.75, 3.05) is 0 Å². The minimum Gasteiger partial charge on any atom is -0.379 e. The maximum Gasteiger partial charge on any atom is 0.129 e. The zero-order valence-corrected chi connectivity index (χ0v) is 12.4. The molecule has 0 bridgehead atoms. The van der Waals surface area contributed by atoms with Gasteiger partial charge < -0.3 is 5.11 Å². The molecule has 0 aliphatic carbocycles. The fourth-order valence-electron chi connectivity index (χ4n) is 1.68. The van der Waals surface area contributed by atoms with E-state index in [9.17, 15) is 5.11 Å². The Hall–Kier alpha value is -1.15. The zero-order valence-electron chi connectivity index (χ0n) is 12.4. The summed E-state index contributed by atoms with van der Waals surface area (Å²) in [6.07, 6.45) is 1.70. The van der Waals surface area contributed by atoms with Crippen molar-refractivity contribution >= 4 is 6.21 Å². The number of nitrogens with zero attached hydrogens (tertiary/aromatic N) is 1. The van der Waals surface area contributed by atoms with Crippen molar-refractivity contribution in [2.45, 2.75) is 52.7 Å². The van der Waals surface area contributed by atoms with Crippen LogP contribution < -0.4 is 0 Å². The third-order valence-electron chi connectivity index (χ3n) is 3.00. The number of hydrogen-bond acceptors (Lipinski definition) is 2. The van der Waals surface area contributed by atoms with Crippen LogP contribution in [-0.4, -0.2) is 16.9 Å². The summed E-state index contributed by atoms with van der Waals surface area (Å²) in [4.78, 5) is 4.50. The van der Waals surface area contributed by atoms with Crippen LogP contribution in [0.15, 0.2) is 35.3 Å². The second kappa shape index (κ2) is 4.85. The summed E-state index contributed by atoms with van der Waals surface area (Å²) in [7, 11) is 0. The van der Waals surface area contributed by atoms with Gasteiger partial charge in [0.05, 0.1) is 5.54 Å². The lowest BCUT2D eigenvalue weighted by Gasteiger charge is -2.38. The third kappa shape index (κ3) is 3.42. The number of hydrogen-bond donors (Lipinski definition) is 1. The topological polar surface area (TPSA) is 32.6 Å². The molecule has 1 aromatic carbocycles. The van der Waals surface area contributed by atoms with E-state index in [-0.39, 0.29) is 11.0 Å². The minimum atomic E-state index is -1.05. The van der Waals surface area contributed by atoms with Crippen LogP contribution in [0.4, 0.5) is 0 Å². The average Bonchev–Trinajstić information content (AvgIpc) is 2.24. The van der Waals surface area contributed by atoms with Crippen LogP contribution in [0.5, 0.6) is 0 Å². The monoisotopic (exact) mass is 247 g/mol. The first kappa shape index (κ1) is 14.9. The van der Waals surface area contributed by atoms with Crippen LogP contribution in [-0.2, 0) is 5.60 Å². The van der Waals surface area contributed by atoms with Crippen molar-refractivity contribution in [3.8, 4) is 0 Å². The maximum absolute atomic E-state index is 11.0. The lowest BCUT2D eigenvalue weighted by molar-refractivity contribution is 0.00532. The average molecular weight is 247 g/mol. The quantitative estimate of drug-likeness (QED) is 0.792. The summed E-state index contributed by atoms with van der Waals surface area (Å²) in [6, 6.07) is 9.72. The lowest BCUT2D eigenvalue weighted by Crippen LogP contribution is -2.42. The Labute approximate surface area is 111 Å². The van der Waals surface area contributed by atoms with Crippen molar-refractivity contribution in [2.24, 2.45) is 10.4 Å². The van der Waals surface area contributed by atoms with Crippen molar-refractivity contribution in [1.29, 1.82) is 0 Å². The largest absolute Gasteiger partial charge is 0.379 e. The highest BCUT2D eigenvalue weighted by Gasteiger charge is 2.40. The van der Waals surface area contributed by atoms with Gasteiger partial charge in [-0.3, -0.25) is 4.99 Å². The highest BCUT2D eigenvalue weighted by molar-refractivity contribution is 5.72. The maximum atomic E-state index is 11.0. The van der Waals surface area contributed by atoms with E-state index in [2.05, 4.69) is 4.99 Å². The van der Waals surface area contributed by atoms with Crippen LogP contribution in [0.3, 0.4) is 0 Å². The molecule has 2 heteroatoms. The van der Waals surface area contributed by atoms with E-state index in [1.165, 1.54) is 0 Å². The Balaban J connectivity index is 3.26. The molecule has 0 radical (unpaired) electrons. The van der Waals surface area contributed by atoms with Gasteiger partial charge >= 0.3 is 0 Å². The molecule has 1 N–H and O–H groups in total. The van der Waals surface area contributed by atoms with E-state index >= 15 is 0 Å². The van der Waals surface area contributed by atoms with Crippen LogP contribution in [0.25, 0.3) is 0 Å². The van der Waals surface area contributed by atoms with Gasteiger partial charge in [-0.1, -0.05) is 51.1 Å². The molecule has 1 atom stereocenters. The van der Waals surface area contributed by atoms with E-state index in [0.29, 0.717) is 0 Å². The third-order valence-corrected chi connectivity index (χ3v) is 3.00. The predicted molar refractivity (Wildman–Crippen MR) is 78.0 cm³/mol. The van der Waals surface area contributed by atoms with E-state index < -0.39 is 5.60 Å². The predicted octanol–water partition coefficient (Wildman–Crippen LogP) is 3.79. The molecule has 18 heavy (non-hydrogen) atoms. The fraction of sp³-hybridized carbons (Fsp3) is 0.562. The van der Waals surface area contributed by atoms with Crippen molar-refractivity contribution in [1.82, 2.24) is 0 Å². The Morgan fingerprint density at radius 3 is 1.83 bits per heavy atom. The first-order chi connectivity index (χ1) is 8.06. The van der Waals surface area contributed by atoms with Gasteiger partial charge in [-0.05, 0) is 26.3 Å². The van der Waals surface area contributed by atoms with Gasteiger partial charge in [0.1, 0.15) is 5.60 Å². The molecule has 0 aromatic heterocycles. The molecule has 0 aliphatic rings. The molecule has 0 saturated heterocycles. The molecule has 1 rings (SSSR count). The van der Waals surface area contributed by atoms with E-state index in [1.54, 1.807) is 6.21 Å². The van der Waals surface area contributed by atoms with Crippen molar-refractivity contribution in [3.05, 3.63) is 35.9 Å². The molecule has 1 aromatic rings. The molecule has 1 unspecified atom stereocenters. The molecule has 100 valence electrons. The van der Waals surface area contributed by atoms with Gasteiger partial charge in [0, 0.05) is 11.6 Å². The minimum absolute atomic E-state index is 0.186. The summed E-state index contributed by atoms with van der Waals surface area (Å²) < 4.78 is 0. The molecular formula is C16H25NO. The standard InChI is InChI=1S/C16H25NO/c1-14(2,3)16(18,12-17-15(4,5)6)13-10-8-7-9-11-13/h7-12,18H,1-6H3. The van der Waals surface area contributed by atoms with Gasteiger partial charge in [-0.25, -0.2) is 0 Å². The SMILES string of the molecule is CC(C)(C)N=CC(O)(c1ccccc1)C(C)(C)C. The number of aliphatic imine (C=N–C) groups is 1. The van der Waals surface area contributed by atoms with Crippen molar-refractivity contribution < 1.29 is 5.11 Å².